The van der Waals surface area contributed by atoms with E-state index in [1.54, 1.807) is 19.4 Å². The molecule has 0 aliphatic heterocycles. The second kappa shape index (κ2) is 3.79. The van der Waals surface area contributed by atoms with E-state index in [2.05, 4.69) is 10.2 Å². The summed E-state index contributed by atoms with van der Waals surface area (Å²) in [5, 5.41) is 15.9. The van der Waals surface area contributed by atoms with Crippen molar-refractivity contribution in [1.29, 1.82) is 0 Å². The van der Waals surface area contributed by atoms with E-state index < -0.39 is 5.60 Å². The SMILES string of the molecule is CN(Cc1cn[nH]c1)C(=O)C(C)(C)O. The van der Waals surface area contributed by atoms with Crippen LogP contribution in [0.2, 0.25) is 0 Å². The van der Waals surface area contributed by atoms with Crippen molar-refractivity contribution in [2.24, 2.45) is 0 Å². The van der Waals surface area contributed by atoms with Gasteiger partial charge in [-0.2, -0.15) is 5.10 Å². The topological polar surface area (TPSA) is 69.2 Å². The smallest absolute Gasteiger partial charge is 0.253 e. The minimum Gasteiger partial charge on any atom is -0.381 e. The van der Waals surface area contributed by atoms with E-state index >= 15 is 0 Å². The summed E-state index contributed by atoms with van der Waals surface area (Å²) >= 11 is 0. The molecule has 5 nitrogen and oxygen atoms in total. The number of hydrogen-bond acceptors (Lipinski definition) is 3. The molecule has 0 unspecified atom stereocenters. The van der Waals surface area contributed by atoms with Gasteiger partial charge < -0.3 is 10.0 Å². The first kappa shape index (κ1) is 10.7. The Balaban J connectivity index is 2.59. The second-order valence-corrected chi connectivity index (χ2v) is 3.83. The molecule has 0 saturated heterocycles. The maximum atomic E-state index is 11.5. The lowest BCUT2D eigenvalue weighted by Gasteiger charge is -2.24. The largest absolute Gasteiger partial charge is 0.381 e. The number of aromatic nitrogens is 2. The number of rotatable bonds is 3. The van der Waals surface area contributed by atoms with E-state index in [1.165, 1.54) is 18.7 Å². The average molecular weight is 197 g/mol. The van der Waals surface area contributed by atoms with Crippen LogP contribution in [-0.2, 0) is 11.3 Å². The molecule has 78 valence electrons. The van der Waals surface area contributed by atoms with Crippen LogP contribution in [0.3, 0.4) is 0 Å². The zero-order valence-corrected chi connectivity index (χ0v) is 8.61. The van der Waals surface area contributed by atoms with Gasteiger partial charge in [0.05, 0.1) is 6.20 Å². The van der Waals surface area contributed by atoms with Crippen molar-refractivity contribution < 1.29 is 9.90 Å². The van der Waals surface area contributed by atoms with E-state index in [9.17, 15) is 9.90 Å². The highest BCUT2D eigenvalue weighted by atomic mass is 16.3. The Morgan fingerprint density at radius 1 is 1.71 bits per heavy atom. The average Bonchev–Trinajstić information content (AvgIpc) is 2.53. The first-order chi connectivity index (χ1) is 6.41. The van der Waals surface area contributed by atoms with Crippen LogP contribution >= 0.6 is 0 Å². The molecule has 1 aromatic rings. The standard InChI is InChI=1S/C9H15N3O2/c1-9(2,14)8(13)12(3)6-7-4-10-11-5-7/h4-5,14H,6H2,1-3H3,(H,10,11). The number of amides is 1. The van der Waals surface area contributed by atoms with Crippen molar-refractivity contribution in [3.05, 3.63) is 18.0 Å². The monoisotopic (exact) mass is 197 g/mol. The lowest BCUT2D eigenvalue weighted by molar-refractivity contribution is -0.146. The summed E-state index contributed by atoms with van der Waals surface area (Å²) in [5.74, 6) is -0.307. The third-order valence-corrected chi connectivity index (χ3v) is 1.84. The molecule has 14 heavy (non-hydrogen) atoms. The van der Waals surface area contributed by atoms with Gasteiger partial charge in [0.2, 0.25) is 0 Å². The molecule has 0 saturated carbocycles. The lowest BCUT2D eigenvalue weighted by Crippen LogP contribution is -2.42. The molecule has 2 N–H and O–H groups in total. The highest BCUT2D eigenvalue weighted by Gasteiger charge is 2.27. The fourth-order valence-electron chi connectivity index (χ4n) is 1.18. The zero-order valence-electron chi connectivity index (χ0n) is 8.61. The molecule has 0 aliphatic rings. The number of carbonyl (C=O) groups excluding carboxylic acids is 1. The Kier molecular flexibility index (Phi) is 2.90. The van der Waals surface area contributed by atoms with Crippen LogP contribution in [0.15, 0.2) is 12.4 Å². The van der Waals surface area contributed by atoms with Crippen LogP contribution in [-0.4, -0.2) is 38.8 Å². The molecule has 0 spiro atoms. The predicted molar refractivity (Wildman–Crippen MR) is 51.4 cm³/mol. The second-order valence-electron chi connectivity index (χ2n) is 3.83. The van der Waals surface area contributed by atoms with Gasteiger partial charge >= 0.3 is 0 Å². The van der Waals surface area contributed by atoms with Crippen molar-refractivity contribution >= 4 is 5.91 Å². The molecule has 0 bridgehead atoms. The Hall–Kier alpha value is -1.36. The molecule has 5 heteroatoms. The van der Waals surface area contributed by atoms with E-state index in [-0.39, 0.29) is 5.91 Å². The number of hydrogen-bond donors (Lipinski definition) is 2. The summed E-state index contributed by atoms with van der Waals surface area (Å²) in [6, 6.07) is 0. The van der Waals surface area contributed by atoms with Crippen molar-refractivity contribution in [2.75, 3.05) is 7.05 Å². The van der Waals surface area contributed by atoms with Gasteiger partial charge in [-0.25, -0.2) is 0 Å². The molecule has 0 atom stereocenters. The Morgan fingerprint density at radius 2 is 2.36 bits per heavy atom. The minimum absolute atomic E-state index is 0.307. The number of nitrogens with zero attached hydrogens (tertiary/aromatic N) is 2. The van der Waals surface area contributed by atoms with Crippen molar-refractivity contribution in [3.8, 4) is 0 Å². The number of H-pyrrole nitrogens is 1. The van der Waals surface area contributed by atoms with E-state index in [1.807, 2.05) is 0 Å². The summed E-state index contributed by atoms with van der Waals surface area (Å²) < 4.78 is 0. The number of likely N-dealkylation sites (N-methyl/N-ethyl adjacent to an activating group) is 1. The maximum Gasteiger partial charge on any atom is 0.253 e. The first-order valence-corrected chi connectivity index (χ1v) is 4.37. The summed E-state index contributed by atoms with van der Waals surface area (Å²) in [7, 11) is 1.65. The number of aliphatic hydroxyl groups is 1. The molecule has 1 amide bonds. The van der Waals surface area contributed by atoms with Gasteiger partial charge in [0.15, 0.2) is 0 Å². The molecule has 1 rings (SSSR count). The molecule has 1 aromatic heterocycles. The molecule has 1 heterocycles. The highest BCUT2D eigenvalue weighted by molar-refractivity contribution is 5.83. The lowest BCUT2D eigenvalue weighted by atomic mass is 10.1. The fourth-order valence-corrected chi connectivity index (χ4v) is 1.18. The third kappa shape index (κ3) is 2.56. The van der Waals surface area contributed by atoms with Crippen LogP contribution in [0, 0.1) is 0 Å². The van der Waals surface area contributed by atoms with Crippen molar-refractivity contribution in [1.82, 2.24) is 15.1 Å². The summed E-state index contributed by atoms with van der Waals surface area (Å²) in [6.07, 6.45) is 3.36. The van der Waals surface area contributed by atoms with Crippen LogP contribution in [0.4, 0.5) is 0 Å². The normalized spacial score (nSPS) is 11.4. The molecular formula is C9H15N3O2. The van der Waals surface area contributed by atoms with E-state index in [4.69, 9.17) is 0 Å². The van der Waals surface area contributed by atoms with Crippen LogP contribution in [0.5, 0.6) is 0 Å². The van der Waals surface area contributed by atoms with Gasteiger partial charge in [0, 0.05) is 25.4 Å². The van der Waals surface area contributed by atoms with E-state index in [0.29, 0.717) is 6.54 Å². The fraction of sp³-hybridized carbons (Fsp3) is 0.556. The molecular weight excluding hydrogens is 182 g/mol. The summed E-state index contributed by atoms with van der Waals surface area (Å²) in [4.78, 5) is 13.0. The highest BCUT2D eigenvalue weighted by Crippen LogP contribution is 2.08. The molecule has 0 radical (unpaired) electrons. The van der Waals surface area contributed by atoms with Gasteiger partial charge in [0.25, 0.3) is 5.91 Å². The number of carbonyl (C=O) groups is 1. The minimum atomic E-state index is -1.32. The Bertz CT molecular complexity index is 300. The van der Waals surface area contributed by atoms with Gasteiger partial charge in [-0.05, 0) is 13.8 Å². The van der Waals surface area contributed by atoms with Crippen molar-refractivity contribution in [3.63, 3.8) is 0 Å². The number of nitrogens with one attached hydrogen (secondary N) is 1. The maximum absolute atomic E-state index is 11.5. The summed E-state index contributed by atoms with van der Waals surface area (Å²) in [6.45, 7) is 3.39. The van der Waals surface area contributed by atoms with Crippen LogP contribution in [0.1, 0.15) is 19.4 Å². The van der Waals surface area contributed by atoms with Gasteiger partial charge in [-0.1, -0.05) is 0 Å². The van der Waals surface area contributed by atoms with Crippen LogP contribution in [0.25, 0.3) is 0 Å². The third-order valence-electron chi connectivity index (χ3n) is 1.84. The van der Waals surface area contributed by atoms with Gasteiger partial charge in [0.1, 0.15) is 5.60 Å². The molecule has 0 aliphatic carbocycles. The Labute approximate surface area is 82.7 Å². The van der Waals surface area contributed by atoms with Crippen LogP contribution < -0.4 is 0 Å². The summed E-state index contributed by atoms with van der Waals surface area (Å²) in [5.41, 5.74) is -0.413. The quantitative estimate of drug-likeness (QED) is 0.724. The van der Waals surface area contributed by atoms with Gasteiger partial charge in [-0.3, -0.25) is 9.89 Å². The number of aromatic amines is 1. The molecule has 0 fully saturated rings. The zero-order chi connectivity index (χ0) is 10.8. The predicted octanol–water partition coefficient (Wildman–Crippen LogP) is 0.139. The van der Waals surface area contributed by atoms with E-state index in [0.717, 1.165) is 5.56 Å². The first-order valence-electron chi connectivity index (χ1n) is 4.37. The Morgan fingerprint density at radius 3 is 2.79 bits per heavy atom. The van der Waals surface area contributed by atoms with Crippen molar-refractivity contribution in [2.45, 2.75) is 26.0 Å². The molecule has 0 aromatic carbocycles. The van der Waals surface area contributed by atoms with Gasteiger partial charge in [-0.15, -0.1) is 0 Å².